The predicted octanol–water partition coefficient (Wildman–Crippen LogP) is 1.99. The van der Waals surface area contributed by atoms with E-state index >= 15 is 0 Å². The molecule has 0 unspecified atom stereocenters. The van der Waals surface area contributed by atoms with Gasteiger partial charge in [0.1, 0.15) is 5.15 Å². The second-order valence-corrected chi connectivity index (χ2v) is 2.44. The molecule has 1 radical (unpaired) electrons. The molecular weight excluding hydrogens is 166 g/mol. The van der Waals surface area contributed by atoms with Gasteiger partial charge >= 0.3 is 0 Å². The molecule has 0 saturated carbocycles. The third kappa shape index (κ3) is 0.935. The van der Waals surface area contributed by atoms with E-state index in [1.54, 1.807) is 0 Å². The molecule has 1 N–H and O–H groups in total. The van der Waals surface area contributed by atoms with Crippen LogP contribution in [0.5, 0.6) is 5.75 Å². The first kappa shape index (κ1) is 6.49. The van der Waals surface area contributed by atoms with E-state index in [9.17, 15) is 0 Å². The highest BCUT2D eigenvalue weighted by Gasteiger charge is 2.05. The molecule has 0 aliphatic heterocycles. The molecule has 0 spiro atoms. The molecule has 0 saturated heterocycles. The van der Waals surface area contributed by atoms with Gasteiger partial charge in [-0.2, -0.15) is 0 Å². The number of pyridine rings is 1. The van der Waals surface area contributed by atoms with Crippen molar-refractivity contribution in [2.45, 2.75) is 0 Å². The van der Waals surface area contributed by atoms with Gasteiger partial charge in [-0.1, -0.05) is 11.6 Å². The highest BCUT2D eigenvalue weighted by Crippen LogP contribution is 2.26. The Morgan fingerprint density at radius 2 is 2.45 bits per heavy atom. The van der Waals surface area contributed by atoms with Gasteiger partial charge in [-0.25, -0.2) is 4.98 Å². The van der Waals surface area contributed by atoms with Crippen LogP contribution in [-0.2, 0) is 0 Å². The third-order valence-corrected chi connectivity index (χ3v) is 1.55. The first-order chi connectivity index (χ1) is 5.27. The summed E-state index contributed by atoms with van der Waals surface area (Å²) in [4.78, 5) is 3.76. The van der Waals surface area contributed by atoms with Gasteiger partial charge in [0.2, 0.25) is 6.26 Å². The van der Waals surface area contributed by atoms with E-state index in [0.29, 0.717) is 16.1 Å². The van der Waals surface area contributed by atoms with Crippen LogP contribution in [0.25, 0.3) is 11.0 Å². The summed E-state index contributed by atoms with van der Waals surface area (Å²) in [7, 11) is 0. The lowest BCUT2D eigenvalue weighted by Crippen LogP contribution is -1.71. The van der Waals surface area contributed by atoms with Crippen LogP contribution < -0.4 is 0 Å². The van der Waals surface area contributed by atoms with Crippen molar-refractivity contribution in [3.05, 3.63) is 23.7 Å². The Kier molecular flexibility index (Phi) is 1.26. The van der Waals surface area contributed by atoms with Gasteiger partial charge in [0, 0.05) is 0 Å². The van der Waals surface area contributed by atoms with Crippen LogP contribution in [0.2, 0.25) is 5.15 Å². The van der Waals surface area contributed by atoms with Gasteiger partial charge < -0.3 is 9.52 Å². The number of hydrogen-bond acceptors (Lipinski definition) is 3. The molecule has 2 rings (SSSR count). The second-order valence-electron chi connectivity index (χ2n) is 2.06. The molecule has 0 amide bonds. The fourth-order valence-corrected chi connectivity index (χ4v) is 1.000. The molecule has 2 heterocycles. The maximum Gasteiger partial charge on any atom is 0.216 e. The molecule has 0 bridgehead atoms. The largest absolute Gasteiger partial charge is 0.504 e. The minimum absolute atomic E-state index is 0.0377. The smallest absolute Gasteiger partial charge is 0.216 e. The minimum Gasteiger partial charge on any atom is -0.504 e. The Bertz CT molecular complexity index is 396. The number of furan rings is 1. The fourth-order valence-electron chi connectivity index (χ4n) is 0.842. The average molecular weight is 169 g/mol. The standard InChI is InChI=1S/C7H3ClNO2/c8-7-1-4-5(10)3-11-6(4)2-9-7/h1-2,10H. The number of halogens is 1. The SMILES string of the molecule is Oc1[c]oc2cnc(Cl)cc12. The predicted molar refractivity (Wildman–Crippen MR) is 39.5 cm³/mol. The summed E-state index contributed by atoms with van der Waals surface area (Å²) in [5.74, 6) is -0.0377. The van der Waals surface area contributed by atoms with Crippen LogP contribution in [0.1, 0.15) is 0 Å². The molecule has 0 aliphatic carbocycles. The average Bonchev–Trinajstić information content (AvgIpc) is 2.33. The zero-order chi connectivity index (χ0) is 7.84. The Morgan fingerprint density at radius 3 is 3.27 bits per heavy atom. The molecule has 0 atom stereocenters. The summed E-state index contributed by atoms with van der Waals surface area (Å²) in [5.41, 5.74) is 0.479. The van der Waals surface area contributed by atoms with Crippen LogP contribution in [0.15, 0.2) is 16.7 Å². The van der Waals surface area contributed by atoms with Crippen LogP contribution in [-0.4, -0.2) is 10.1 Å². The highest BCUT2D eigenvalue weighted by atomic mass is 35.5. The van der Waals surface area contributed by atoms with Crippen molar-refractivity contribution in [1.29, 1.82) is 0 Å². The molecular formula is C7H3ClNO2. The number of rotatable bonds is 0. The second kappa shape index (κ2) is 2.13. The number of hydrogen-bond donors (Lipinski definition) is 1. The van der Waals surface area contributed by atoms with Crippen LogP contribution in [0, 0.1) is 6.26 Å². The number of nitrogens with zero attached hydrogens (tertiary/aromatic N) is 1. The van der Waals surface area contributed by atoms with Crippen LogP contribution in [0.4, 0.5) is 0 Å². The number of fused-ring (bicyclic) bond motifs is 1. The Labute approximate surface area is 67.2 Å². The van der Waals surface area contributed by atoms with Gasteiger partial charge in [0.25, 0.3) is 0 Å². The van der Waals surface area contributed by atoms with E-state index in [1.165, 1.54) is 12.3 Å². The van der Waals surface area contributed by atoms with Crippen LogP contribution in [0.3, 0.4) is 0 Å². The summed E-state index contributed by atoms with van der Waals surface area (Å²) in [6.07, 6.45) is 3.72. The summed E-state index contributed by atoms with van der Waals surface area (Å²) in [6, 6.07) is 1.52. The topological polar surface area (TPSA) is 46.3 Å². The quantitative estimate of drug-likeness (QED) is 0.612. The molecule has 11 heavy (non-hydrogen) atoms. The molecule has 2 aromatic rings. The van der Waals surface area contributed by atoms with E-state index in [4.69, 9.17) is 21.1 Å². The Morgan fingerprint density at radius 1 is 1.64 bits per heavy atom. The molecule has 4 heteroatoms. The summed E-state index contributed by atoms with van der Waals surface area (Å²) in [5, 5.41) is 9.95. The lowest BCUT2D eigenvalue weighted by Gasteiger charge is -1.87. The van der Waals surface area contributed by atoms with Crippen molar-refractivity contribution in [3.63, 3.8) is 0 Å². The van der Waals surface area contributed by atoms with Gasteiger partial charge in [-0.15, -0.1) is 0 Å². The van der Waals surface area contributed by atoms with Gasteiger partial charge in [0.05, 0.1) is 11.6 Å². The summed E-state index contributed by atoms with van der Waals surface area (Å²) in [6.45, 7) is 0. The fraction of sp³-hybridized carbons (Fsp3) is 0. The van der Waals surface area contributed by atoms with Crippen LogP contribution >= 0.6 is 11.6 Å². The lowest BCUT2D eigenvalue weighted by molar-refractivity contribution is 0.461. The zero-order valence-corrected chi connectivity index (χ0v) is 6.09. The molecule has 2 aromatic heterocycles. The molecule has 0 fully saturated rings. The van der Waals surface area contributed by atoms with Gasteiger partial charge in [-0.3, -0.25) is 0 Å². The van der Waals surface area contributed by atoms with Gasteiger partial charge in [-0.05, 0) is 6.07 Å². The monoisotopic (exact) mass is 168 g/mol. The summed E-state index contributed by atoms with van der Waals surface area (Å²) < 4.78 is 4.81. The maximum atomic E-state index is 9.10. The molecule has 0 aliphatic rings. The van der Waals surface area contributed by atoms with E-state index in [1.807, 2.05) is 0 Å². The number of aromatic nitrogens is 1. The maximum absolute atomic E-state index is 9.10. The highest BCUT2D eigenvalue weighted by molar-refractivity contribution is 6.30. The lowest BCUT2D eigenvalue weighted by atomic mass is 10.3. The van der Waals surface area contributed by atoms with Crippen molar-refractivity contribution in [1.82, 2.24) is 4.98 Å². The zero-order valence-electron chi connectivity index (χ0n) is 5.34. The number of aromatic hydroxyl groups is 1. The first-order valence-electron chi connectivity index (χ1n) is 2.92. The summed E-state index contributed by atoms with van der Waals surface area (Å²) >= 11 is 5.57. The van der Waals surface area contributed by atoms with E-state index in [-0.39, 0.29) is 5.75 Å². The van der Waals surface area contributed by atoms with E-state index in [0.717, 1.165) is 0 Å². The minimum atomic E-state index is -0.0377. The normalized spacial score (nSPS) is 10.6. The molecule has 0 aromatic carbocycles. The van der Waals surface area contributed by atoms with Crippen molar-refractivity contribution in [3.8, 4) is 5.75 Å². The van der Waals surface area contributed by atoms with Crippen molar-refractivity contribution in [2.24, 2.45) is 0 Å². The van der Waals surface area contributed by atoms with Gasteiger partial charge in [0.15, 0.2) is 11.3 Å². The Balaban J connectivity index is 2.87. The Hall–Kier alpha value is -1.22. The van der Waals surface area contributed by atoms with E-state index < -0.39 is 0 Å². The van der Waals surface area contributed by atoms with E-state index in [2.05, 4.69) is 11.2 Å². The van der Waals surface area contributed by atoms with Crippen molar-refractivity contribution in [2.75, 3.05) is 0 Å². The molecule has 3 nitrogen and oxygen atoms in total. The third-order valence-electron chi connectivity index (χ3n) is 1.35. The first-order valence-corrected chi connectivity index (χ1v) is 3.30. The van der Waals surface area contributed by atoms with Crippen molar-refractivity contribution < 1.29 is 9.52 Å². The van der Waals surface area contributed by atoms with Crippen molar-refractivity contribution >= 4 is 22.6 Å². The molecule has 55 valence electrons.